The van der Waals surface area contributed by atoms with Crippen LogP contribution in [-0.4, -0.2) is 35.4 Å². The minimum absolute atomic E-state index is 0.0932. The second-order valence-corrected chi connectivity index (χ2v) is 7.90. The number of piperidine rings is 1. The van der Waals surface area contributed by atoms with Gasteiger partial charge >= 0.3 is 0 Å². The molecule has 1 aliphatic heterocycles. The van der Waals surface area contributed by atoms with Crippen molar-refractivity contribution in [3.8, 4) is 0 Å². The second-order valence-electron chi connectivity index (χ2n) is 6.84. The van der Waals surface area contributed by atoms with Crippen molar-refractivity contribution >= 4 is 22.9 Å². The number of anilines is 1. The lowest BCUT2D eigenvalue weighted by atomic mass is 9.95. The highest BCUT2D eigenvalue weighted by molar-refractivity contribution is 7.09. The summed E-state index contributed by atoms with van der Waals surface area (Å²) in [6.07, 6.45) is 1.81. The molecule has 0 unspecified atom stereocenters. The first-order valence-corrected chi connectivity index (χ1v) is 10.3. The van der Waals surface area contributed by atoms with Crippen LogP contribution >= 0.6 is 11.3 Å². The van der Waals surface area contributed by atoms with Crippen molar-refractivity contribution in [1.82, 2.24) is 15.2 Å². The van der Waals surface area contributed by atoms with Gasteiger partial charge in [-0.15, -0.1) is 11.3 Å². The van der Waals surface area contributed by atoms with E-state index in [0.717, 1.165) is 67.5 Å². The quantitative estimate of drug-likeness (QED) is 0.782. The number of benzene rings is 1. The fourth-order valence-corrected chi connectivity index (χ4v) is 3.96. The van der Waals surface area contributed by atoms with E-state index >= 15 is 0 Å². The maximum Gasteiger partial charge on any atom is 0.227 e. The number of aromatic nitrogens is 1. The molecule has 2 heterocycles. The molecule has 0 aliphatic carbocycles. The Morgan fingerprint density at radius 3 is 2.77 bits per heavy atom. The summed E-state index contributed by atoms with van der Waals surface area (Å²) in [7, 11) is 0. The van der Waals surface area contributed by atoms with Gasteiger partial charge in [-0.2, -0.15) is 0 Å². The molecule has 2 N–H and O–H groups in total. The number of nitrogens with one attached hydrogen (secondary N) is 2. The van der Waals surface area contributed by atoms with Crippen LogP contribution in [0.5, 0.6) is 0 Å². The third kappa shape index (κ3) is 5.13. The van der Waals surface area contributed by atoms with Gasteiger partial charge in [0.25, 0.3) is 0 Å². The van der Waals surface area contributed by atoms with Crippen molar-refractivity contribution in [2.45, 2.75) is 39.8 Å². The van der Waals surface area contributed by atoms with Crippen LogP contribution < -0.4 is 10.6 Å². The van der Waals surface area contributed by atoms with Gasteiger partial charge in [0.2, 0.25) is 5.91 Å². The van der Waals surface area contributed by atoms with E-state index in [0.29, 0.717) is 0 Å². The average molecular weight is 373 g/mol. The molecule has 0 bridgehead atoms. The van der Waals surface area contributed by atoms with Gasteiger partial charge in [-0.05, 0) is 51.0 Å². The van der Waals surface area contributed by atoms with Crippen molar-refractivity contribution < 1.29 is 4.79 Å². The summed E-state index contributed by atoms with van der Waals surface area (Å²) >= 11 is 1.70. The summed E-state index contributed by atoms with van der Waals surface area (Å²) in [4.78, 5) is 19.6. The monoisotopic (exact) mass is 372 g/mol. The Kier molecular flexibility index (Phi) is 6.77. The fraction of sp³-hybridized carbons (Fsp3) is 0.500. The van der Waals surface area contributed by atoms with E-state index in [-0.39, 0.29) is 11.8 Å². The summed E-state index contributed by atoms with van der Waals surface area (Å²) in [6, 6.07) is 8.05. The molecule has 0 spiro atoms. The van der Waals surface area contributed by atoms with Crippen molar-refractivity contribution in [2.75, 3.05) is 25.0 Å². The van der Waals surface area contributed by atoms with Crippen LogP contribution in [0.4, 0.5) is 5.69 Å². The molecule has 5 nitrogen and oxygen atoms in total. The Bertz CT molecular complexity index is 722. The van der Waals surface area contributed by atoms with Crippen LogP contribution in [-0.2, 0) is 17.9 Å². The van der Waals surface area contributed by atoms with E-state index in [9.17, 15) is 4.79 Å². The number of aryl methyl sites for hydroxylation is 1. The molecule has 1 amide bonds. The lowest BCUT2D eigenvalue weighted by Crippen LogP contribution is -2.38. The minimum atomic E-state index is 0.0932. The normalized spacial score (nSPS) is 15.9. The SMILES string of the molecule is CCNCc1ccccc1NC(=O)C1CCN(Cc2csc(C)n2)CC1. The van der Waals surface area contributed by atoms with E-state index in [2.05, 4.69) is 38.9 Å². The van der Waals surface area contributed by atoms with Gasteiger partial charge < -0.3 is 10.6 Å². The van der Waals surface area contributed by atoms with Gasteiger partial charge in [0, 0.05) is 30.1 Å². The number of hydrogen-bond acceptors (Lipinski definition) is 5. The van der Waals surface area contributed by atoms with Crippen LogP contribution in [0.2, 0.25) is 0 Å². The molecule has 0 saturated carbocycles. The Labute approximate surface area is 159 Å². The highest BCUT2D eigenvalue weighted by atomic mass is 32.1. The van der Waals surface area contributed by atoms with Gasteiger partial charge in [-0.3, -0.25) is 9.69 Å². The highest BCUT2D eigenvalue weighted by Gasteiger charge is 2.25. The first kappa shape index (κ1) is 19.0. The maximum absolute atomic E-state index is 12.7. The molecule has 2 aromatic rings. The van der Waals surface area contributed by atoms with Crippen molar-refractivity contribution in [2.24, 2.45) is 5.92 Å². The number of nitrogens with zero attached hydrogens (tertiary/aromatic N) is 2. The molecule has 140 valence electrons. The molecule has 1 aliphatic rings. The summed E-state index contributed by atoms with van der Waals surface area (Å²) in [5.74, 6) is 0.244. The molecule has 1 aromatic heterocycles. The van der Waals surface area contributed by atoms with Gasteiger partial charge in [0.15, 0.2) is 0 Å². The molecule has 1 saturated heterocycles. The first-order valence-electron chi connectivity index (χ1n) is 9.38. The van der Waals surface area contributed by atoms with Gasteiger partial charge in [-0.25, -0.2) is 4.98 Å². The third-order valence-corrected chi connectivity index (χ3v) is 5.67. The van der Waals surface area contributed by atoms with Crippen molar-refractivity contribution in [3.63, 3.8) is 0 Å². The molecule has 26 heavy (non-hydrogen) atoms. The second kappa shape index (κ2) is 9.26. The number of rotatable bonds is 7. The molecular weight excluding hydrogens is 344 g/mol. The van der Waals surface area contributed by atoms with E-state index in [1.165, 1.54) is 0 Å². The van der Waals surface area contributed by atoms with Crippen LogP contribution in [0.25, 0.3) is 0 Å². The van der Waals surface area contributed by atoms with E-state index in [1.807, 2.05) is 25.1 Å². The molecule has 0 atom stereocenters. The predicted octanol–water partition coefficient (Wildman–Crippen LogP) is 3.41. The van der Waals surface area contributed by atoms with Crippen LogP contribution in [0, 0.1) is 12.8 Å². The maximum atomic E-state index is 12.7. The zero-order valence-electron chi connectivity index (χ0n) is 15.6. The topological polar surface area (TPSA) is 57.3 Å². The zero-order chi connectivity index (χ0) is 18.4. The third-order valence-electron chi connectivity index (χ3n) is 4.85. The number of carbonyl (C=O) groups excluding carboxylic acids is 1. The zero-order valence-corrected chi connectivity index (χ0v) is 16.4. The number of amides is 1. The fourth-order valence-electron chi connectivity index (χ4n) is 3.35. The van der Waals surface area contributed by atoms with E-state index in [1.54, 1.807) is 11.3 Å². The van der Waals surface area contributed by atoms with E-state index in [4.69, 9.17) is 0 Å². The molecule has 3 rings (SSSR count). The van der Waals surface area contributed by atoms with Crippen LogP contribution in [0.3, 0.4) is 0 Å². The number of carbonyl (C=O) groups is 1. The van der Waals surface area contributed by atoms with Crippen molar-refractivity contribution in [3.05, 3.63) is 45.9 Å². The van der Waals surface area contributed by atoms with Gasteiger partial charge in [0.1, 0.15) is 0 Å². The Balaban J connectivity index is 1.51. The largest absolute Gasteiger partial charge is 0.326 e. The Morgan fingerprint density at radius 2 is 2.08 bits per heavy atom. The summed E-state index contributed by atoms with van der Waals surface area (Å²) in [5.41, 5.74) is 3.21. The van der Waals surface area contributed by atoms with E-state index < -0.39 is 0 Å². The Hall–Kier alpha value is -1.76. The molecule has 6 heteroatoms. The highest BCUT2D eigenvalue weighted by Crippen LogP contribution is 2.23. The average Bonchev–Trinajstić information content (AvgIpc) is 3.06. The molecular formula is C20H28N4OS. The predicted molar refractivity (Wildman–Crippen MR) is 107 cm³/mol. The summed E-state index contributed by atoms with van der Waals surface area (Å²) in [5, 5.41) is 9.72. The number of hydrogen-bond donors (Lipinski definition) is 2. The molecule has 1 fully saturated rings. The van der Waals surface area contributed by atoms with Gasteiger partial charge in [0.05, 0.1) is 10.7 Å². The lowest BCUT2D eigenvalue weighted by molar-refractivity contribution is -0.121. The molecule has 1 aromatic carbocycles. The number of likely N-dealkylation sites (tertiary alicyclic amines) is 1. The number of thiazole rings is 1. The first-order chi connectivity index (χ1) is 12.7. The van der Waals surface area contributed by atoms with Crippen LogP contribution in [0.15, 0.2) is 29.6 Å². The lowest BCUT2D eigenvalue weighted by Gasteiger charge is -2.30. The minimum Gasteiger partial charge on any atom is -0.326 e. The summed E-state index contributed by atoms with van der Waals surface area (Å²) in [6.45, 7) is 8.61. The van der Waals surface area contributed by atoms with Gasteiger partial charge in [-0.1, -0.05) is 25.1 Å². The number of para-hydroxylation sites is 1. The Morgan fingerprint density at radius 1 is 1.31 bits per heavy atom. The molecule has 0 radical (unpaired) electrons. The standard InChI is InChI=1S/C20H28N4OS/c1-3-21-12-17-6-4-5-7-19(17)23-20(25)16-8-10-24(11-9-16)13-18-14-26-15(2)22-18/h4-7,14,16,21H,3,8-13H2,1-2H3,(H,23,25). The van der Waals surface area contributed by atoms with Crippen molar-refractivity contribution in [1.29, 1.82) is 0 Å². The van der Waals surface area contributed by atoms with Crippen LogP contribution in [0.1, 0.15) is 36.0 Å². The smallest absolute Gasteiger partial charge is 0.227 e. The summed E-state index contributed by atoms with van der Waals surface area (Å²) < 4.78 is 0.